The molecule has 26 heavy (non-hydrogen) atoms. The van der Waals surface area contributed by atoms with Gasteiger partial charge in [0.05, 0.1) is 13.0 Å². The average Bonchev–Trinajstić information content (AvgIpc) is 2.96. The van der Waals surface area contributed by atoms with Gasteiger partial charge in [-0.25, -0.2) is 0 Å². The third-order valence-corrected chi connectivity index (χ3v) is 6.26. The highest BCUT2D eigenvalue weighted by molar-refractivity contribution is 6.01. The predicted molar refractivity (Wildman–Crippen MR) is 96.3 cm³/mol. The van der Waals surface area contributed by atoms with E-state index in [4.69, 9.17) is 14.2 Å². The first-order valence-electron chi connectivity index (χ1n) is 9.31. The molecule has 3 atom stereocenters. The normalized spacial score (nSPS) is 30.0. The van der Waals surface area contributed by atoms with Crippen LogP contribution in [0.2, 0.25) is 0 Å². The minimum absolute atomic E-state index is 0.0652. The van der Waals surface area contributed by atoms with Crippen LogP contribution in [0.25, 0.3) is 0 Å². The van der Waals surface area contributed by atoms with Crippen molar-refractivity contribution < 1.29 is 19.0 Å². The van der Waals surface area contributed by atoms with Crippen molar-refractivity contribution in [1.82, 2.24) is 4.90 Å². The van der Waals surface area contributed by atoms with Gasteiger partial charge in [0.15, 0.2) is 17.3 Å². The van der Waals surface area contributed by atoms with Gasteiger partial charge >= 0.3 is 0 Å². The summed E-state index contributed by atoms with van der Waals surface area (Å²) in [4.78, 5) is 15.8. The molecule has 0 saturated carbocycles. The molecule has 0 N–H and O–H groups in total. The zero-order valence-electron chi connectivity index (χ0n) is 15.0. The molecular weight excluding hydrogens is 330 g/mol. The molecule has 0 amide bonds. The third kappa shape index (κ3) is 2.23. The van der Waals surface area contributed by atoms with Gasteiger partial charge in [-0.2, -0.15) is 0 Å². The lowest BCUT2D eigenvalue weighted by atomic mass is 9.72. The van der Waals surface area contributed by atoms with Crippen molar-refractivity contribution in [2.24, 2.45) is 5.92 Å². The van der Waals surface area contributed by atoms with Gasteiger partial charge in [0.1, 0.15) is 0 Å². The van der Waals surface area contributed by atoms with E-state index in [-0.39, 0.29) is 30.5 Å². The maximum absolute atomic E-state index is 13.3. The highest BCUT2D eigenvalue weighted by Gasteiger charge is 2.47. The number of ether oxygens (including phenoxy) is 3. The topological polar surface area (TPSA) is 48.0 Å². The van der Waals surface area contributed by atoms with E-state index in [1.165, 1.54) is 11.1 Å². The number of hydrogen-bond acceptors (Lipinski definition) is 5. The number of methoxy groups -OCH3 is 1. The maximum atomic E-state index is 13.3. The number of carbonyl (C=O) groups excluding carboxylic acids is 1. The predicted octanol–water partition coefficient (Wildman–Crippen LogP) is 2.80. The summed E-state index contributed by atoms with van der Waals surface area (Å²) in [6.07, 6.45) is 5.00. The summed E-state index contributed by atoms with van der Waals surface area (Å²) in [5, 5.41) is 0. The van der Waals surface area contributed by atoms with E-state index in [1.807, 2.05) is 12.1 Å². The van der Waals surface area contributed by atoms with Crippen LogP contribution in [0.15, 0.2) is 36.1 Å². The Labute approximate surface area is 153 Å². The van der Waals surface area contributed by atoms with E-state index in [2.05, 4.69) is 17.5 Å². The van der Waals surface area contributed by atoms with Crippen LogP contribution in [0.5, 0.6) is 11.5 Å². The second-order valence-corrected chi connectivity index (χ2v) is 7.55. The van der Waals surface area contributed by atoms with E-state index in [1.54, 1.807) is 7.11 Å². The lowest BCUT2D eigenvalue weighted by Gasteiger charge is -2.40. The van der Waals surface area contributed by atoms with Crippen LogP contribution in [0.4, 0.5) is 0 Å². The first-order chi connectivity index (χ1) is 12.7. The van der Waals surface area contributed by atoms with E-state index >= 15 is 0 Å². The summed E-state index contributed by atoms with van der Waals surface area (Å²) in [6, 6.07) is 4.19. The lowest BCUT2D eigenvalue weighted by Crippen LogP contribution is -2.48. The van der Waals surface area contributed by atoms with Gasteiger partial charge in [-0.1, -0.05) is 12.2 Å². The third-order valence-electron chi connectivity index (χ3n) is 6.26. The highest BCUT2D eigenvalue weighted by Crippen LogP contribution is 2.47. The minimum atomic E-state index is -0.248. The van der Waals surface area contributed by atoms with Crippen molar-refractivity contribution in [2.45, 2.75) is 31.2 Å². The molecule has 0 aromatic heterocycles. The number of carbonyl (C=O) groups is 1. The SMILES string of the molecule is C=C1CCCN2CCc3cc4c(cc3[C@@H]3C(=O)C(OC)=CC1[C@@H]32)OCO4. The van der Waals surface area contributed by atoms with Gasteiger partial charge in [-0.05, 0) is 55.1 Å². The van der Waals surface area contributed by atoms with E-state index < -0.39 is 0 Å². The molecule has 5 nitrogen and oxygen atoms in total. The molecule has 1 saturated heterocycles. The van der Waals surface area contributed by atoms with Crippen LogP contribution < -0.4 is 9.47 Å². The molecule has 3 heterocycles. The Morgan fingerprint density at radius 2 is 2.00 bits per heavy atom. The number of fused-ring (bicyclic) bond motifs is 3. The molecular formula is C21H23NO4. The van der Waals surface area contributed by atoms with Crippen LogP contribution >= 0.6 is 0 Å². The lowest BCUT2D eigenvalue weighted by molar-refractivity contribution is -0.122. The average molecular weight is 353 g/mol. The number of ketones is 1. The Bertz CT molecular complexity index is 828. The van der Waals surface area contributed by atoms with Crippen molar-refractivity contribution in [3.63, 3.8) is 0 Å². The molecule has 1 fully saturated rings. The molecule has 1 aromatic rings. The van der Waals surface area contributed by atoms with Crippen molar-refractivity contribution in [3.05, 3.63) is 47.2 Å². The fraction of sp³-hybridized carbons (Fsp3) is 0.476. The Kier molecular flexibility index (Phi) is 3.60. The summed E-state index contributed by atoms with van der Waals surface area (Å²) in [7, 11) is 1.58. The Morgan fingerprint density at radius 3 is 2.81 bits per heavy atom. The van der Waals surface area contributed by atoms with E-state index in [0.29, 0.717) is 5.76 Å². The van der Waals surface area contributed by atoms with Crippen LogP contribution in [0, 0.1) is 5.92 Å². The fourth-order valence-corrected chi connectivity index (χ4v) is 5.01. The zero-order chi connectivity index (χ0) is 17.8. The van der Waals surface area contributed by atoms with Crippen molar-refractivity contribution >= 4 is 5.78 Å². The summed E-state index contributed by atoms with van der Waals surface area (Å²) >= 11 is 0. The monoisotopic (exact) mass is 353 g/mol. The second kappa shape index (κ2) is 5.88. The van der Waals surface area contributed by atoms with Crippen LogP contribution in [-0.4, -0.2) is 43.7 Å². The van der Waals surface area contributed by atoms with Crippen molar-refractivity contribution in [2.75, 3.05) is 27.0 Å². The number of benzene rings is 1. The van der Waals surface area contributed by atoms with Gasteiger partial charge in [0.2, 0.25) is 12.6 Å². The van der Waals surface area contributed by atoms with Gasteiger partial charge < -0.3 is 14.2 Å². The zero-order valence-corrected chi connectivity index (χ0v) is 15.0. The van der Waals surface area contributed by atoms with Gasteiger partial charge in [-0.15, -0.1) is 0 Å². The molecule has 1 aliphatic carbocycles. The number of nitrogens with zero attached hydrogens (tertiary/aromatic N) is 1. The van der Waals surface area contributed by atoms with Crippen LogP contribution in [0.3, 0.4) is 0 Å². The molecule has 1 unspecified atom stereocenters. The highest BCUT2D eigenvalue weighted by atomic mass is 16.7. The van der Waals surface area contributed by atoms with Crippen LogP contribution in [-0.2, 0) is 16.0 Å². The number of allylic oxidation sites excluding steroid dienone is 1. The largest absolute Gasteiger partial charge is 0.493 e. The smallest absolute Gasteiger partial charge is 0.231 e. The molecule has 0 radical (unpaired) electrons. The quantitative estimate of drug-likeness (QED) is 0.727. The molecule has 5 heteroatoms. The first kappa shape index (κ1) is 15.9. The van der Waals surface area contributed by atoms with Crippen molar-refractivity contribution in [1.29, 1.82) is 0 Å². The molecule has 4 aliphatic rings. The summed E-state index contributed by atoms with van der Waals surface area (Å²) < 4.78 is 16.6. The Hall–Kier alpha value is -2.27. The number of Topliss-reactive ketones (excluding diaryl/α,β-unsaturated/α-hetero) is 1. The second-order valence-electron chi connectivity index (χ2n) is 7.55. The van der Waals surface area contributed by atoms with Gasteiger partial charge in [0.25, 0.3) is 0 Å². The molecule has 3 aliphatic heterocycles. The molecule has 1 aromatic carbocycles. The van der Waals surface area contributed by atoms with Crippen LogP contribution in [0.1, 0.15) is 29.9 Å². The summed E-state index contributed by atoms with van der Waals surface area (Å²) in [5.74, 6) is 1.95. The number of hydrogen-bond donors (Lipinski definition) is 0. The maximum Gasteiger partial charge on any atom is 0.231 e. The van der Waals surface area contributed by atoms with Gasteiger partial charge in [0, 0.05) is 18.5 Å². The molecule has 5 rings (SSSR count). The van der Waals surface area contributed by atoms with Crippen molar-refractivity contribution in [3.8, 4) is 11.5 Å². The Morgan fingerprint density at radius 1 is 1.19 bits per heavy atom. The standard InChI is InChI=1S/C21H23NO4/c1-12-4-3-6-22-7-5-13-8-16-17(26-11-25-16)10-15(13)19-20(22)14(12)9-18(24-2)21(19)23/h8-10,14,19-20H,1,3-7,11H2,2H3/t14?,19-,20-/m0/s1. The van der Waals surface area contributed by atoms with E-state index in [9.17, 15) is 4.79 Å². The first-order valence-corrected chi connectivity index (χ1v) is 9.31. The van der Waals surface area contributed by atoms with E-state index in [0.717, 1.165) is 49.4 Å². The fourth-order valence-electron chi connectivity index (χ4n) is 5.01. The van der Waals surface area contributed by atoms with Gasteiger partial charge in [-0.3, -0.25) is 9.69 Å². The summed E-state index contributed by atoms with van der Waals surface area (Å²) in [6.45, 7) is 6.53. The number of rotatable bonds is 1. The Balaban J connectivity index is 1.71. The molecule has 0 spiro atoms. The molecule has 0 bridgehead atoms. The molecule has 136 valence electrons. The summed E-state index contributed by atoms with van der Waals surface area (Å²) in [5.41, 5.74) is 3.45. The minimum Gasteiger partial charge on any atom is -0.493 e.